The van der Waals surface area contributed by atoms with Crippen molar-refractivity contribution in [2.45, 2.75) is 39.5 Å². The Morgan fingerprint density at radius 3 is 2.47 bits per heavy atom. The van der Waals surface area contributed by atoms with E-state index in [1.807, 2.05) is 11.3 Å². The Morgan fingerprint density at radius 2 is 1.76 bits per heavy atom. The average molecular weight is 243 g/mol. The van der Waals surface area contributed by atoms with E-state index in [-0.39, 0.29) is 0 Å². The molecular formula is C15H17NS. The number of hydrogen-bond donors (Lipinski definition) is 0. The lowest BCUT2D eigenvalue weighted by atomic mass is 9.99. The van der Waals surface area contributed by atoms with Crippen LogP contribution in [-0.2, 0) is 0 Å². The SMILES string of the molecule is Cc1cc(C)c(-c2csc(C3CC3)n2)cc1C. The minimum atomic E-state index is 0.764. The summed E-state index contributed by atoms with van der Waals surface area (Å²) < 4.78 is 0. The Bertz CT molecular complexity index is 564. The van der Waals surface area contributed by atoms with Gasteiger partial charge in [0.15, 0.2) is 0 Å². The minimum Gasteiger partial charge on any atom is -0.241 e. The van der Waals surface area contributed by atoms with Crippen molar-refractivity contribution in [3.05, 3.63) is 39.2 Å². The van der Waals surface area contributed by atoms with E-state index in [1.54, 1.807) is 0 Å². The molecule has 1 fully saturated rings. The number of rotatable bonds is 2. The van der Waals surface area contributed by atoms with Gasteiger partial charge in [-0.25, -0.2) is 4.98 Å². The summed E-state index contributed by atoms with van der Waals surface area (Å²) in [6.45, 7) is 6.52. The van der Waals surface area contributed by atoms with Gasteiger partial charge in [0.05, 0.1) is 10.7 Å². The maximum atomic E-state index is 4.79. The molecule has 1 aromatic carbocycles. The van der Waals surface area contributed by atoms with Crippen LogP contribution in [0.3, 0.4) is 0 Å². The average Bonchev–Trinajstić information content (AvgIpc) is 3.03. The first kappa shape index (κ1) is 11.0. The van der Waals surface area contributed by atoms with Gasteiger partial charge >= 0.3 is 0 Å². The summed E-state index contributed by atoms with van der Waals surface area (Å²) in [4.78, 5) is 4.79. The van der Waals surface area contributed by atoms with Gasteiger partial charge < -0.3 is 0 Å². The number of aryl methyl sites for hydroxylation is 3. The van der Waals surface area contributed by atoms with E-state index < -0.39 is 0 Å². The van der Waals surface area contributed by atoms with Crippen molar-refractivity contribution in [1.82, 2.24) is 4.98 Å². The largest absolute Gasteiger partial charge is 0.241 e. The zero-order valence-corrected chi connectivity index (χ0v) is 11.4. The van der Waals surface area contributed by atoms with E-state index in [0.29, 0.717) is 0 Å². The van der Waals surface area contributed by atoms with Crippen molar-refractivity contribution in [2.75, 3.05) is 0 Å². The molecule has 0 atom stereocenters. The van der Waals surface area contributed by atoms with Crippen LogP contribution in [0.15, 0.2) is 17.5 Å². The fraction of sp³-hybridized carbons (Fsp3) is 0.400. The quantitative estimate of drug-likeness (QED) is 0.750. The molecule has 1 heterocycles. The Balaban J connectivity index is 2.04. The molecule has 1 aliphatic rings. The molecule has 2 heteroatoms. The summed E-state index contributed by atoms with van der Waals surface area (Å²) in [5.74, 6) is 0.764. The standard InChI is InChI=1S/C15H17NS/c1-9-6-11(3)13(7-10(9)2)14-8-17-15(16-14)12-4-5-12/h6-8,12H,4-5H2,1-3H3. The smallest absolute Gasteiger partial charge is 0.0963 e. The van der Waals surface area contributed by atoms with Gasteiger partial charge in [0.25, 0.3) is 0 Å². The first-order chi connectivity index (χ1) is 8.15. The third-order valence-electron chi connectivity index (χ3n) is 3.57. The number of hydrogen-bond acceptors (Lipinski definition) is 2. The monoisotopic (exact) mass is 243 g/mol. The molecule has 0 saturated heterocycles. The van der Waals surface area contributed by atoms with Crippen LogP contribution in [0.4, 0.5) is 0 Å². The summed E-state index contributed by atoms with van der Waals surface area (Å²) in [7, 11) is 0. The summed E-state index contributed by atoms with van der Waals surface area (Å²) in [6.07, 6.45) is 2.66. The van der Waals surface area contributed by atoms with Crippen LogP contribution < -0.4 is 0 Å². The van der Waals surface area contributed by atoms with E-state index in [1.165, 1.54) is 40.1 Å². The van der Waals surface area contributed by atoms with Gasteiger partial charge in [-0.1, -0.05) is 6.07 Å². The number of thiazole rings is 1. The maximum absolute atomic E-state index is 4.79. The Hall–Kier alpha value is -1.15. The van der Waals surface area contributed by atoms with Crippen LogP contribution in [0.1, 0.15) is 40.5 Å². The Morgan fingerprint density at radius 1 is 1.06 bits per heavy atom. The highest BCUT2D eigenvalue weighted by Gasteiger charge is 2.26. The van der Waals surface area contributed by atoms with Crippen LogP contribution in [0, 0.1) is 20.8 Å². The predicted molar refractivity (Wildman–Crippen MR) is 73.7 cm³/mol. The summed E-state index contributed by atoms with van der Waals surface area (Å²) in [6, 6.07) is 4.54. The van der Waals surface area contributed by atoms with Crippen LogP contribution >= 0.6 is 11.3 Å². The van der Waals surface area contributed by atoms with E-state index in [4.69, 9.17) is 4.98 Å². The zero-order chi connectivity index (χ0) is 12.0. The topological polar surface area (TPSA) is 12.9 Å². The fourth-order valence-corrected chi connectivity index (χ4v) is 3.16. The normalized spacial score (nSPS) is 15.2. The maximum Gasteiger partial charge on any atom is 0.0963 e. The van der Waals surface area contributed by atoms with Crippen LogP contribution in [0.25, 0.3) is 11.3 Å². The first-order valence-electron chi connectivity index (χ1n) is 6.19. The molecule has 3 rings (SSSR count). The first-order valence-corrected chi connectivity index (χ1v) is 7.07. The highest BCUT2D eigenvalue weighted by Crippen LogP contribution is 2.42. The highest BCUT2D eigenvalue weighted by atomic mass is 32.1. The molecule has 1 aromatic heterocycles. The molecule has 0 spiro atoms. The molecule has 1 saturated carbocycles. The van der Waals surface area contributed by atoms with Crippen LogP contribution in [0.5, 0.6) is 0 Å². The van der Waals surface area contributed by atoms with Gasteiger partial charge in [-0.05, 0) is 56.4 Å². The van der Waals surface area contributed by atoms with Gasteiger partial charge in [-0.2, -0.15) is 0 Å². The minimum absolute atomic E-state index is 0.764. The van der Waals surface area contributed by atoms with Crippen molar-refractivity contribution in [2.24, 2.45) is 0 Å². The Labute approximate surface area is 107 Å². The molecule has 1 aliphatic carbocycles. The lowest BCUT2D eigenvalue weighted by molar-refractivity contribution is 1.08. The summed E-state index contributed by atoms with van der Waals surface area (Å²) >= 11 is 1.82. The molecule has 0 aliphatic heterocycles. The molecule has 0 unspecified atom stereocenters. The van der Waals surface area contributed by atoms with Crippen molar-refractivity contribution >= 4 is 11.3 Å². The second-order valence-electron chi connectivity index (χ2n) is 5.10. The summed E-state index contributed by atoms with van der Waals surface area (Å²) in [5, 5.41) is 3.54. The third kappa shape index (κ3) is 2.02. The van der Waals surface area contributed by atoms with E-state index in [2.05, 4.69) is 38.3 Å². The lowest BCUT2D eigenvalue weighted by Crippen LogP contribution is -1.89. The predicted octanol–water partition coefficient (Wildman–Crippen LogP) is 4.61. The molecule has 1 nitrogen and oxygen atoms in total. The van der Waals surface area contributed by atoms with Crippen molar-refractivity contribution in [3.8, 4) is 11.3 Å². The van der Waals surface area contributed by atoms with Crippen molar-refractivity contribution < 1.29 is 0 Å². The molecule has 0 radical (unpaired) electrons. The highest BCUT2D eigenvalue weighted by molar-refractivity contribution is 7.10. The number of nitrogens with zero attached hydrogens (tertiary/aromatic N) is 1. The number of aromatic nitrogens is 1. The molecule has 88 valence electrons. The van der Waals surface area contributed by atoms with Gasteiger partial charge in [0.2, 0.25) is 0 Å². The van der Waals surface area contributed by atoms with Gasteiger partial charge in [-0.3, -0.25) is 0 Å². The molecule has 0 amide bonds. The summed E-state index contributed by atoms with van der Waals surface area (Å²) in [5.41, 5.74) is 6.52. The third-order valence-corrected chi connectivity index (χ3v) is 4.57. The van der Waals surface area contributed by atoms with Crippen molar-refractivity contribution in [1.29, 1.82) is 0 Å². The van der Waals surface area contributed by atoms with Gasteiger partial charge in [0, 0.05) is 16.9 Å². The molecule has 2 aromatic rings. The van der Waals surface area contributed by atoms with Crippen LogP contribution in [-0.4, -0.2) is 4.98 Å². The molecule has 0 N–H and O–H groups in total. The van der Waals surface area contributed by atoms with E-state index in [9.17, 15) is 0 Å². The van der Waals surface area contributed by atoms with Gasteiger partial charge in [-0.15, -0.1) is 11.3 Å². The second-order valence-corrected chi connectivity index (χ2v) is 5.99. The van der Waals surface area contributed by atoms with Crippen molar-refractivity contribution in [3.63, 3.8) is 0 Å². The molecular weight excluding hydrogens is 226 g/mol. The fourth-order valence-electron chi connectivity index (χ4n) is 2.17. The zero-order valence-electron chi connectivity index (χ0n) is 10.6. The van der Waals surface area contributed by atoms with Crippen LogP contribution in [0.2, 0.25) is 0 Å². The Kier molecular flexibility index (Phi) is 2.55. The molecule has 17 heavy (non-hydrogen) atoms. The number of benzene rings is 1. The van der Waals surface area contributed by atoms with E-state index >= 15 is 0 Å². The van der Waals surface area contributed by atoms with Gasteiger partial charge in [0.1, 0.15) is 0 Å². The molecule has 0 bridgehead atoms. The second kappa shape index (κ2) is 3.95. The lowest BCUT2D eigenvalue weighted by Gasteiger charge is -2.07. The van der Waals surface area contributed by atoms with E-state index in [0.717, 1.165) is 11.6 Å².